The summed E-state index contributed by atoms with van der Waals surface area (Å²) in [5, 5.41) is 17.8. The van der Waals surface area contributed by atoms with E-state index < -0.39 is 23.3 Å². The summed E-state index contributed by atoms with van der Waals surface area (Å²) in [5.74, 6) is 0.551. The van der Waals surface area contributed by atoms with Gasteiger partial charge in [-0.25, -0.2) is 10.1 Å². The highest BCUT2D eigenvalue weighted by Crippen LogP contribution is 2.42. The number of nitrogens with zero attached hydrogens (tertiary/aromatic N) is 7. The smallest absolute Gasteiger partial charge is 0.381 e. The number of carbonyl (C=O) groups excluding carboxylic acids is 1. The van der Waals surface area contributed by atoms with Crippen molar-refractivity contribution in [2.75, 3.05) is 47.8 Å². The number of benzene rings is 1. The predicted molar refractivity (Wildman–Crippen MR) is 155 cm³/mol. The van der Waals surface area contributed by atoms with Gasteiger partial charge in [0.05, 0.1) is 34.7 Å². The summed E-state index contributed by atoms with van der Waals surface area (Å²) in [7, 11) is 0. The van der Waals surface area contributed by atoms with Crippen LogP contribution >= 0.6 is 0 Å². The molecule has 1 amide bonds. The number of carbonyl (C=O) groups is 1. The molecule has 0 spiro atoms. The van der Waals surface area contributed by atoms with Crippen LogP contribution in [0.1, 0.15) is 38.7 Å². The molecule has 2 N–H and O–H groups in total. The van der Waals surface area contributed by atoms with E-state index in [9.17, 15) is 22.8 Å². The fourth-order valence-corrected chi connectivity index (χ4v) is 5.65. The van der Waals surface area contributed by atoms with Crippen molar-refractivity contribution in [2.45, 2.75) is 18.8 Å². The van der Waals surface area contributed by atoms with E-state index in [-0.39, 0.29) is 24.7 Å². The van der Waals surface area contributed by atoms with E-state index in [1.165, 1.54) is 17.3 Å². The Balaban J connectivity index is 1.16. The van der Waals surface area contributed by atoms with Gasteiger partial charge in [0, 0.05) is 57.9 Å². The minimum absolute atomic E-state index is 0.164. The van der Waals surface area contributed by atoms with Crippen molar-refractivity contribution in [1.82, 2.24) is 25.1 Å². The summed E-state index contributed by atoms with van der Waals surface area (Å²) in [5.41, 5.74) is 0.140. The van der Waals surface area contributed by atoms with Gasteiger partial charge in [-0.1, -0.05) is 24.3 Å². The van der Waals surface area contributed by atoms with Crippen molar-refractivity contribution >= 4 is 23.1 Å². The number of nitrogens with one attached hydrogen (secondary N) is 2. The molecule has 0 aliphatic carbocycles. The predicted octanol–water partition coefficient (Wildman–Crippen LogP) is 3.59. The van der Waals surface area contributed by atoms with Crippen LogP contribution in [0.15, 0.2) is 72.0 Å². The Morgan fingerprint density at radius 1 is 1.07 bits per heavy atom. The number of piperazine rings is 1. The van der Waals surface area contributed by atoms with Gasteiger partial charge in [-0.15, -0.1) is 0 Å². The van der Waals surface area contributed by atoms with E-state index in [4.69, 9.17) is 5.26 Å². The minimum atomic E-state index is -4.87. The number of pyridine rings is 2. The maximum Gasteiger partial charge on any atom is 0.423 e. The molecule has 3 aromatic heterocycles. The van der Waals surface area contributed by atoms with Gasteiger partial charge in [-0.3, -0.25) is 14.6 Å². The third-order valence-corrected chi connectivity index (χ3v) is 7.81. The number of halogens is 3. The summed E-state index contributed by atoms with van der Waals surface area (Å²) in [6.45, 7) is 2.43. The van der Waals surface area contributed by atoms with Crippen LogP contribution in [0.5, 0.6) is 0 Å². The molecule has 0 bridgehead atoms. The molecular formula is C30H26F3N9O2. The zero-order valence-electron chi connectivity index (χ0n) is 23.3. The number of H-pyrrole nitrogens is 1. The van der Waals surface area contributed by atoms with Gasteiger partial charge < -0.3 is 20.0 Å². The zero-order valence-corrected chi connectivity index (χ0v) is 23.3. The second kappa shape index (κ2) is 11.7. The number of nitriles is 1. The molecule has 1 atom stereocenters. The lowest BCUT2D eigenvalue weighted by molar-refractivity contribution is -0.138. The van der Waals surface area contributed by atoms with Crippen molar-refractivity contribution < 1.29 is 18.0 Å². The topological polar surface area (TPSA) is 134 Å². The number of aromatic amines is 1. The zero-order chi connectivity index (χ0) is 30.8. The van der Waals surface area contributed by atoms with E-state index in [0.29, 0.717) is 43.0 Å². The summed E-state index contributed by atoms with van der Waals surface area (Å²) < 4.78 is 41.8. The molecule has 14 heteroatoms. The van der Waals surface area contributed by atoms with Crippen LogP contribution in [0, 0.1) is 11.3 Å². The van der Waals surface area contributed by atoms with E-state index >= 15 is 0 Å². The number of rotatable bonds is 6. The van der Waals surface area contributed by atoms with E-state index in [2.05, 4.69) is 20.4 Å². The van der Waals surface area contributed by atoms with Gasteiger partial charge in [-0.05, 0) is 29.3 Å². The highest BCUT2D eigenvalue weighted by atomic mass is 19.4. The first kappa shape index (κ1) is 28.7. The lowest BCUT2D eigenvalue weighted by Crippen LogP contribution is -2.49. The van der Waals surface area contributed by atoms with Gasteiger partial charge in [0.1, 0.15) is 17.5 Å². The first-order chi connectivity index (χ1) is 21.2. The average molecular weight is 602 g/mol. The number of anilines is 3. The lowest BCUT2D eigenvalue weighted by atomic mass is 10.0. The average Bonchev–Trinajstić information content (AvgIpc) is 3.41. The number of amides is 1. The molecule has 6 rings (SSSR count). The van der Waals surface area contributed by atoms with Crippen LogP contribution in [0.4, 0.5) is 30.4 Å². The molecular weight excluding hydrogens is 575 g/mol. The van der Waals surface area contributed by atoms with Crippen LogP contribution in [-0.2, 0) is 12.7 Å². The van der Waals surface area contributed by atoms with Crippen LogP contribution in [-0.4, -0.2) is 63.7 Å². The van der Waals surface area contributed by atoms with Crippen LogP contribution in [0.25, 0.3) is 0 Å². The Kier molecular flexibility index (Phi) is 7.60. The maximum absolute atomic E-state index is 13.9. The summed E-state index contributed by atoms with van der Waals surface area (Å²) >= 11 is 0. The Bertz CT molecular complexity index is 1780. The highest BCUT2D eigenvalue weighted by Gasteiger charge is 2.41. The minimum Gasteiger partial charge on any atom is -0.381 e. The second-order valence-electron chi connectivity index (χ2n) is 10.4. The number of fused-ring (bicyclic) bond motifs is 1. The van der Waals surface area contributed by atoms with Gasteiger partial charge in [0.2, 0.25) is 0 Å². The second-order valence-corrected chi connectivity index (χ2v) is 10.4. The lowest BCUT2D eigenvalue weighted by Gasteiger charge is -2.35. The van der Waals surface area contributed by atoms with Crippen molar-refractivity contribution in [3.63, 3.8) is 0 Å². The van der Waals surface area contributed by atoms with Crippen molar-refractivity contribution in [3.05, 3.63) is 105 Å². The van der Waals surface area contributed by atoms with Crippen LogP contribution in [0.3, 0.4) is 0 Å². The van der Waals surface area contributed by atoms with E-state index in [1.54, 1.807) is 29.3 Å². The molecule has 1 unspecified atom stereocenters. The fourth-order valence-electron chi connectivity index (χ4n) is 5.65. The molecule has 4 aromatic rings. The molecule has 1 aromatic carbocycles. The molecule has 0 radical (unpaired) electrons. The largest absolute Gasteiger partial charge is 0.423 e. The summed E-state index contributed by atoms with van der Waals surface area (Å²) in [6, 6.07) is 14.0. The van der Waals surface area contributed by atoms with Crippen LogP contribution in [0.2, 0.25) is 0 Å². The summed E-state index contributed by atoms with van der Waals surface area (Å²) in [4.78, 5) is 39.4. The van der Waals surface area contributed by atoms with Crippen LogP contribution < -0.4 is 20.7 Å². The maximum atomic E-state index is 13.9. The third-order valence-electron chi connectivity index (χ3n) is 7.81. The standard InChI is InChI=1S/C30H26F3N9O2/c31-30(32,33)27-25(17-38-39-28(27)43)42-18-20-3-1-2-4-23(20)24(42)16-36-22-11-21(14-35-15-22)29(44)41-9-7-40(8-10-41)26-6-5-19(12-34)13-37-26/h1-6,11,13-15,17,24,36H,7-10,16,18H2,(H,39,43). The number of hydrogen-bond donors (Lipinski definition) is 2. The van der Waals surface area contributed by atoms with Gasteiger partial charge >= 0.3 is 6.18 Å². The highest BCUT2D eigenvalue weighted by molar-refractivity contribution is 5.95. The molecule has 11 nitrogen and oxygen atoms in total. The van der Waals surface area contributed by atoms with Crippen molar-refractivity contribution in [2.24, 2.45) is 0 Å². The number of aromatic nitrogens is 4. The molecule has 0 saturated carbocycles. The molecule has 44 heavy (non-hydrogen) atoms. The molecule has 2 aliphatic heterocycles. The SMILES string of the molecule is N#Cc1ccc(N2CCN(C(=O)c3cncc(NCC4c5ccccc5CN4c4cn[nH]c(=O)c4C(F)(F)F)c3)CC2)nc1. The fraction of sp³-hybridized carbons (Fsp3) is 0.267. The monoisotopic (exact) mass is 601 g/mol. The molecule has 2 aliphatic rings. The molecule has 5 heterocycles. The molecule has 224 valence electrons. The van der Waals surface area contributed by atoms with Gasteiger partial charge in [-0.2, -0.15) is 23.5 Å². The third kappa shape index (κ3) is 5.63. The molecule has 1 saturated heterocycles. The number of alkyl halides is 3. The normalized spacial score (nSPS) is 16.4. The Morgan fingerprint density at radius 3 is 2.59 bits per heavy atom. The van der Waals surface area contributed by atoms with Crippen molar-refractivity contribution in [3.8, 4) is 6.07 Å². The van der Waals surface area contributed by atoms with Crippen molar-refractivity contribution in [1.29, 1.82) is 5.26 Å². The Labute approximate surface area is 249 Å². The Morgan fingerprint density at radius 2 is 1.86 bits per heavy atom. The number of hydrogen-bond acceptors (Lipinski definition) is 9. The first-order valence-electron chi connectivity index (χ1n) is 13.8. The summed E-state index contributed by atoms with van der Waals surface area (Å²) in [6.07, 6.45) is 0.706. The quantitative estimate of drug-likeness (QED) is 0.340. The first-order valence-corrected chi connectivity index (χ1v) is 13.8. The van der Waals surface area contributed by atoms with Gasteiger partial charge in [0.25, 0.3) is 11.5 Å². The van der Waals surface area contributed by atoms with Gasteiger partial charge in [0.15, 0.2) is 0 Å². The molecule has 1 fully saturated rings. The van der Waals surface area contributed by atoms with E-state index in [1.807, 2.05) is 40.3 Å². The van der Waals surface area contributed by atoms with E-state index in [0.717, 1.165) is 23.1 Å². The Hall–Kier alpha value is -5.45.